The lowest BCUT2D eigenvalue weighted by molar-refractivity contribution is 0.117. The van der Waals surface area contributed by atoms with Crippen LogP contribution in [0.5, 0.6) is 0 Å². The summed E-state index contributed by atoms with van der Waals surface area (Å²) in [7, 11) is 0. The van der Waals surface area contributed by atoms with Gasteiger partial charge in [0.15, 0.2) is 0 Å². The zero-order valence-corrected chi connectivity index (χ0v) is 5.90. The molecule has 1 heteroatoms. The molecule has 0 amide bonds. The number of rotatable bonds is 1. The molecule has 0 saturated heterocycles. The van der Waals surface area contributed by atoms with Gasteiger partial charge in [-0.2, -0.15) is 0 Å². The Hall–Kier alpha value is -0.560. The van der Waals surface area contributed by atoms with Gasteiger partial charge in [0.05, 0.1) is 6.10 Å². The van der Waals surface area contributed by atoms with Crippen molar-refractivity contribution in [3.8, 4) is 0 Å². The molecule has 54 valence electrons. The van der Waals surface area contributed by atoms with E-state index in [-0.39, 0.29) is 6.10 Å². The summed E-state index contributed by atoms with van der Waals surface area (Å²) >= 11 is 0. The van der Waals surface area contributed by atoms with Gasteiger partial charge in [0.2, 0.25) is 0 Å². The van der Waals surface area contributed by atoms with Gasteiger partial charge in [0, 0.05) is 11.8 Å². The second-order valence-electron chi connectivity index (χ2n) is 3.25. The first-order chi connectivity index (χ1) is 4.83. The zero-order valence-electron chi connectivity index (χ0n) is 5.90. The lowest BCUT2D eigenvalue weighted by atomic mass is 9.91. The van der Waals surface area contributed by atoms with Gasteiger partial charge in [-0.3, -0.25) is 0 Å². The average Bonchev–Trinajstić information content (AvgIpc) is 2.46. The van der Waals surface area contributed by atoms with Gasteiger partial charge in [-0.25, -0.2) is 0 Å². The Labute approximate surface area is 61.1 Å². The number of aliphatic hydroxyl groups excluding tert-OH is 1. The van der Waals surface area contributed by atoms with E-state index in [1.165, 1.54) is 0 Å². The minimum absolute atomic E-state index is 0.146. The predicted molar refractivity (Wildman–Crippen MR) is 40.4 cm³/mol. The fourth-order valence-electron chi connectivity index (χ4n) is 2.15. The average molecular weight is 136 g/mol. The molecular weight excluding hydrogens is 124 g/mol. The lowest BCUT2D eigenvalue weighted by Gasteiger charge is -2.19. The summed E-state index contributed by atoms with van der Waals surface area (Å²) in [6, 6.07) is 0. The van der Waals surface area contributed by atoms with Crippen LogP contribution in [0.4, 0.5) is 0 Å². The predicted octanol–water partition coefficient (Wildman–Crippen LogP) is 1.36. The zero-order chi connectivity index (χ0) is 7.14. The molecular formula is C9H12O. The molecule has 1 saturated carbocycles. The molecule has 0 aliphatic heterocycles. The maximum atomic E-state index is 9.56. The highest BCUT2D eigenvalue weighted by atomic mass is 16.3. The summed E-state index contributed by atoms with van der Waals surface area (Å²) < 4.78 is 0. The molecule has 2 aliphatic carbocycles. The molecule has 4 atom stereocenters. The third-order valence-electron chi connectivity index (χ3n) is 2.75. The van der Waals surface area contributed by atoms with Crippen molar-refractivity contribution in [3.05, 3.63) is 24.8 Å². The van der Waals surface area contributed by atoms with Crippen LogP contribution in [0.25, 0.3) is 0 Å². The monoisotopic (exact) mass is 136 g/mol. The quantitative estimate of drug-likeness (QED) is 0.539. The van der Waals surface area contributed by atoms with E-state index in [9.17, 15) is 5.11 Å². The number of hydrogen-bond acceptors (Lipinski definition) is 1. The van der Waals surface area contributed by atoms with E-state index >= 15 is 0 Å². The summed E-state index contributed by atoms with van der Waals surface area (Å²) in [4.78, 5) is 0. The minimum Gasteiger partial charge on any atom is -0.392 e. The molecule has 0 radical (unpaired) electrons. The van der Waals surface area contributed by atoms with Crippen molar-refractivity contribution in [3.63, 3.8) is 0 Å². The van der Waals surface area contributed by atoms with Gasteiger partial charge in [-0.1, -0.05) is 18.2 Å². The van der Waals surface area contributed by atoms with Gasteiger partial charge >= 0.3 is 0 Å². The van der Waals surface area contributed by atoms with E-state index in [1.54, 1.807) is 0 Å². The Morgan fingerprint density at radius 3 is 2.50 bits per heavy atom. The Kier molecular flexibility index (Phi) is 1.21. The van der Waals surface area contributed by atoms with Crippen molar-refractivity contribution in [2.24, 2.45) is 17.8 Å². The van der Waals surface area contributed by atoms with Crippen LogP contribution in [0.15, 0.2) is 24.8 Å². The summed E-state index contributed by atoms with van der Waals surface area (Å²) in [5.74, 6) is 1.33. The molecule has 1 N–H and O–H groups in total. The third kappa shape index (κ3) is 0.613. The summed E-state index contributed by atoms with van der Waals surface area (Å²) in [5, 5.41) is 9.56. The SMILES string of the molecule is C=C[C@H]1[C@H](O)[C@H]2C=C[C@@H]1C2. The Morgan fingerprint density at radius 1 is 1.40 bits per heavy atom. The molecule has 2 bridgehead atoms. The normalized spacial score (nSPS) is 50.1. The van der Waals surface area contributed by atoms with Crippen LogP contribution in [0, 0.1) is 17.8 Å². The molecule has 10 heavy (non-hydrogen) atoms. The molecule has 2 rings (SSSR count). The molecule has 0 unspecified atom stereocenters. The summed E-state index contributed by atoms with van der Waals surface area (Å²) in [5.41, 5.74) is 0. The fraction of sp³-hybridized carbons (Fsp3) is 0.556. The van der Waals surface area contributed by atoms with Crippen LogP contribution >= 0.6 is 0 Å². The number of allylic oxidation sites excluding steroid dienone is 1. The molecule has 1 fully saturated rings. The second kappa shape index (κ2) is 1.96. The first-order valence-electron chi connectivity index (χ1n) is 3.82. The molecule has 0 aromatic carbocycles. The standard InChI is InChI=1S/C9H12O/c1-2-8-6-3-4-7(5-6)9(8)10/h2-4,6-10H,1,5H2/t6-,7+,8-,9-/m1/s1. The number of hydrogen-bond donors (Lipinski definition) is 1. The molecule has 0 aromatic heterocycles. The number of aliphatic hydroxyl groups is 1. The van der Waals surface area contributed by atoms with Crippen molar-refractivity contribution in [1.29, 1.82) is 0 Å². The van der Waals surface area contributed by atoms with Crippen LogP contribution in [-0.4, -0.2) is 11.2 Å². The maximum absolute atomic E-state index is 9.56. The molecule has 1 nitrogen and oxygen atoms in total. The van der Waals surface area contributed by atoms with E-state index in [2.05, 4.69) is 18.7 Å². The molecule has 0 aromatic rings. The molecule has 0 heterocycles. The van der Waals surface area contributed by atoms with Gasteiger partial charge in [-0.15, -0.1) is 6.58 Å². The van der Waals surface area contributed by atoms with Crippen molar-refractivity contribution in [1.82, 2.24) is 0 Å². The Morgan fingerprint density at radius 2 is 2.10 bits per heavy atom. The first-order valence-corrected chi connectivity index (χ1v) is 3.82. The largest absolute Gasteiger partial charge is 0.392 e. The Bertz CT molecular complexity index is 183. The van der Waals surface area contributed by atoms with Crippen molar-refractivity contribution in [2.45, 2.75) is 12.5 Å². The van der Waals surface area contributed by atoms with Crippen molar-refractivity contribution in [2.75, 3.05) is 0 Å². The topological polar surface area (TPSA) is 20.2 Å². The molecule has 2 aliphatic rings. The van der Waals surface area contributed by atoms with E-state index in [4.69, 9.17) is 0 Å². The smallest absolute Gasteiger partial charge is 0.0671 e. The van der Waals surface area contributed by atoms with Crippen LogP contribution in [-0.2, 0) is 0 Å². The maximum Gasteiger partial charge on any atom is 0.0671 e. The Balaban J connectivity index is 2.25. The second-order valence-corrected chi connectivity index (χ2v) is 3.25. The van der Waals surface area contributed by atoms with Gasteiger partial charge in [-0.05, 0) is 12.3 Å². The highest BCUT2D eigenvalue weighted by molar-refractivity contribution is 5.17. The van der Waals surface area contributed by atoms with Crippen molar-refractivity contribution < 1.29 is 5.11 Å². The van der Waals surface area contributed by atoms with E-state index in [0.717, 1.165) is 6.42 Å². The van der Waals surface area contributed by atoms with Crippen LogP contribution in [0.1, 0.15) is 6.42 Å². The van der Waals surface area contributed by atoms with Gasteiger partial charge in [0.25, 0.3) is 0 Å². The van der Waals surface area contributed by atoms with E-state index in [0.29, 0.717) is 17.8 Å². The van der Waals surface area contributed by atoms with Crippen LogP contribution in [0.2, 0.25) is 0 Å². The number of fused-ring (bicyclic) bond motifs is 2. The van der Waals surface area contributed by atoms with Gasteiger partial charge < -0.3 is 5.11 Å². The summed E-state index contributed by atoms with van der Waals surface area (Å²) in [6.45, 7) is 3.72. The fourth-order valence-corrected chi connectivity index (χ4v) is 2.15. The van der Waals surface area contributed by atoms with Gasteiger partial charge in [0.1, 0.15) is 0 Å². The van der Waals surface area contributed by atoms with Crippen molar-refractivity contribution >= 4 is 0 Å². The highest BCUT2D eigenvalue weighted by Gasteiger charge is 2.41. The minimum atomic E-state index is -0.146. The lowest BCUT2D eigenvalue weighted by Crippen LogP contribution is -2.22. The van der Waals surface area contributed by atoms with Crippen LogP contribution in [0.3, 0.4) is 0 Å². The molecule has 0 spiro atoms. The third-order valence-corrected chi connectivity index (χ3v) is 2.75. The summed E-state index contributed by atoms with van der Waals surface area (Å²) in [6.07, 6.45) is 7.22. The van der Waals surface area contributed by atoms with E-state index in [1.807, 2.05) is 6.08 Å². The van der Waals surface area contributed by atoms with E-state index < -0.39 is 0 Å². The first kappa shape index (κ1) is 6.17. The van der Waals surface area contributed by atoms with Crippen LogP contribution < -0.4 is 0 Å². The highest BCUT2D eigenvalue weighted by Crippen LogP contribution is 2.43.